The Morgan fingerprint density at radius 2 is 1.90 bits per heavy atom. The van der Waals surface area contributed by atoms with E-state index in [0.717, 1.165) is 0 Å². The van der Waals surface area contributed by atoms with Crippen molar-refractivity contribution in [2.75, 3.05) is 38.0 Å². The molecule has 0 saturated carbocycles. The molecule has 1 aromatic carbocycles. The minimum absolute atomic E-state index is 0.0947. The van der Waals surface area contributed by atoms with Crippen LogP contribution in [0, 0.1) is 6.92 Å². The number of fused-ring (bicyclic) bond motifs is 1. The van der Waals surface area contributed by atoms with Gasteiger partial charge in [-0.1, -0.05) is 23.7 Å². The summed E-state index contributed by atoms with van der Waals surface area (Å²) in [6, 6.07) is 7.10. The summed E-state index contributed by atoms with van der Waals surface area (Å²) in [5, 5.41) is 3.82. The first-order valence-corrected chi connectivity index (χ1v) is 11.1. The number of benzene rings is 1. The average molecular weight is 460 g/mol. The number of hydrogen-bond acceptors (Lipinski definition) is 6. The number of hydrogen-bond donors (Lipinski definition) is 1. The first-order chi connectivity index (χ1) is 14.8. The highest BCUT2D eigenvalue weighted by atomic mass is 35.5. The van der Waals surface area contributed by atoms with Crippen LogP contribution in [0.2, 0.25) is 5.02 Å². The van der Waals surface area contributed by atoms with Crippen molar-refractivity contribution in [3.05, 3.63) is 56.4 Å². The van der Waals surface area contributed by atoms with Crippen molar-refractivity contribution in [2.45, 2.75) is 6.92 Å². The van der Waals surface area contributed by atoms with E-state index in [1.165, 1.54) is 22.2 Å². The molecule has 0 spiro atoms. The predicted octanol–water partition coefficient (Wildman–Crippen LogP) is 2.35. The lowest BCUT2D eigenvalue weighted by atomic mass is 10.2. The molecule has 1 aliphatic heterocycles. The van der Waals surface area contributed by atoms with E-state index in [-0.39, 0.29) is 23.9 Å². The monoisotopic (exact) mass is 459 g/mol. The fraction of sp³-hybridized carbons (Fsp3) is 0.333. The van der Waals surface area contributed by atoms with Crippen LogP contribution in [0.3, 0.4) is 0 Å². The summed E-state index contributed by atoms with van der Waals surface area (Å²) in [7, 11) is 1.65. The van der Waals surface area contributed by atoms with Crippen LogP contribution in [-0.4, -0.2) is 63.9 Å². The normalized spacial score (nSPS) is 14.7. The minimum Gasteiger partial charge on any atom is -0.335 e. The molecule has 3 heterocycles. The van der Waals surface area contributed by atoms with Gasteiger partial charge in [-0.15, -0.1) is 11.3 Å². The first kappa shape index (κ1) is 21.5. The molecule has 2 aromatic heterocycles. The average Bonchev–Trinajstić information content (AvgIpc) is 3.09. The van der Waals surface area contributed by atoms with Crippen LogP contribution in [0.1, 0.15) is 15.2 Å². The van der Waals surface area contributed by atoms with Gasteiger partial charge in [-0.25, -0.2) is 4.98 Å². The van der Waals surface area contributed by atoms with Gasteiger partial charge in [0.2, 0.25) is 5.91 Å². The highest BCUT2D eigenvalue weighted by Gasteiger charge is 2.27. The summed E-state index contributed by atoms with van der Waals surface area (Å²) in [6.07, 6.45) is 1.47. The number of carbonyl (C=O) groups is 2. The van der Waals surface area contributed by atoms with Crippen LogP contribution in [0.25, 0.3) is 10.2 Å². The molecule has 4 rings (SSSR count). The van der Waals surface area contributed by atoms with Gasteiger partial charge in [0.1, 0.15) is 4.83 Å². The molecule has 31 heavy (non-hydrogen) atoms. The molecule has 162 valence electrons. The molecule has 0 radical (unpaired) electrons. The van der Waals surface area contributed by atoms with E-state index in [0.29, 0.717) is 57.5 Å². The third-order valence-electron chi connectivity index (χ3n) is 5.38. The van der Waals surface area contributed by atoms with Crippen molar-refractivity contribution < 1.29 is 9.59 Å². The van der Waals surface area contributed by atoms with E-state index >= 15 is 0 Å². The van der Waals surface area contributed by atoms with Gasteiger partial charge < -0.3 is 14.8 Å². The fourth-order valence-corrected chi connectivity index (χ4v) is 4.91. The molecule has 0 bridgehead atoms. The van der Waals surface area contributed by atoms with E-state index in [1.807, 2.05) is 11.0 Å². The fourth-order valence-electron chi connectivity index (χ4n) is 3.62. The van der Waals surface area contributed by atoms with Gasteiger partial charge in [0.15, 0.2) is 0 Å². The van der Waals surface area contributed by atoms with Crippen LogP contribution >= 0.6 is 22.9 Å². The lowest BCUT2D eigenvalue weighted by Crippen LogP contribution is -2.50. The number of carbonyl (C=O) groups excluding carboxylic acids is 2. The number of nitrogens with one attached hydrogen (secondary N) is 1. The maximum Gasteiger partial charge on any atom is 0.264 e. The Morgan fingerprint density at radius 3 is 2.61 bits per heavy atom. The zero-order chi connectivity index (χ0) is 22.1. The van der Waals surface area contributed by atoms with E-state index in [4.69, 9.17) is 11.6 Å². The molecule has 1 N–H and O–H groups in total. The molecule has 0 unspecified atom stereocenters. The quantitative estimate of drug-likeness (QED) is 0.647. The van der Waals surface area contributed by atoms with Crippen LogP contribution in [0.15, 0.2) is 35.4 Å². The Balaban J connectivity index is 1.38. The Labute approximate surface area is 188 Å². The number of amides is 2. The summed E-state index contributed by atoms with van der Waals surface area (Å²) in [5.74, 6) is -0.238. The Bertz CT molecular complexity index is 1210. The van der Waals surface area contributed by atoms with Crippen molar-refractivity contribution in [1.29, 1.82) is 0 Å². The molecule has 3 aromatic rings. The maximum atomic E-state index is 13.1. The SMILES string of the molecule is Cc1c(C(=O)N2CCN(CC(=O)Nc3ccccc3Cl)CC2)sc2ncn(C)c(=O)c12. The number of aryl methyl sites for hydroxylation is 2. The number of piperazine rings is 1. The Morgan fingerprint density at radius 1 is 1.19 bits per heavy atom. The van der Waals surface area contributed by atoms with Gasteiger partial charge in [0, 0.05) is 33.2 Å². The summed E-state index contributed by atoms with van der Waals surface area (Å²) in [4.78, 5) is 47.0. The van der Waals surface area contributed by atoms with Crippen molar-refractivity contribution >= 4 is 50.7 Å². The molecule has 2 amide bonds. The molecule has 0 aliphatic carbocycles. The standard InChI is InChI=1S/C21H22ClN5O3S/c1-13-17-19(23-12-25(2)20(17)29)31-18(13)21(30)27-9-7-26(8-10-27)11-16(28)24-15-6-4-3-5-14(15)22/h3-6,12H,7-11H2,1-2H3,(H,24,28). The predicted molar refractivity (Wildman–Crippen MR) is 122 cm³/mol. The smallest absolute Gasteiger partial charge is 0.264 e. The van der Waals surface area contributed by atoms with Crippen LogP contribution in [-0.2, 0) is 11.8 Å². The number of anilines is 1. The van der Waals surface area contributed by atoms with Crippen LogP contribution in [0.5, 0.6) is 0 Å². The molecule has 0 atom stereocenters. The topological polar surface area (TPSA) is 87.5 Å². The van der Waals surface area contributed by atoms with Crippen LogP contribution < -0.4 is 10.9 Å². The van der Waals surface area contributed by atoms with Crippen molar-refractivity contribution in [1.82, 2.24) is 19.4 Å². The van der Waals surface area contributed by atoms with E-state index in [9.17, 15) is 14.4 Å². The van der Waals surface area contributed by atoms with Gasteiger partial charge in [-0.2, -0.15) is 0 Å². The number of para-hydroxylation sites is 1. The van der Waals surface area contributed by atoms with E-state index in [2.05, 4.69) is 10.3 Å². The number of aromatic nitrogens is 2. The molecular formula is C21H22ClN5O3S. The summed E-state index contributed by atoms with van der Waals surface area (Å²) < 4.78 is 1.42. The zero-order valence-electron chi connectivity index (χ0n) is 17.2. The second-order valence-electron chi connectivity index (χ2n) is 7.49. The molecule has 10 heteroatoms. The first-order valence-electron chi connectivity index (χ1n) is 9.86. The molecular weight excluding hydrogens is 438 g/mol. The summed E-state index contributed by atoms with van der Waals surface area (Å²) in [6.45, 7) is 4.23. The lowest BCUT2D eigenvalue weighted by molar-refractivity contribution is -0.117. The van der Waals surface area contributed by atoms with Gasteiger partial charge in [0.25, 0.3) is 11.5 Å². The largest absolute Gasteiger partial charge is 0.335 e. The molecule has 8 nitrogen and oxygen atoms in total. The minimum atomic E-state index is -0.146. The Hall–Kier alpha value is -2.75. The number of nitrogens with zero attached hydrogens (tertiary/aromatic N) is 4. The number of halogens is 1. The number of rotatable bonds is 4. The lowest BCUT2D eigenvalue weighted by Gasteiger charge is -2.34. The van der Waals surface area contributed by atoms with Crippen molar-refractivity contribution in [3.63, 3.8) is 0 Å². The van der Waals surface area contributed by atoms with Crippen LogP contribution in [0.4, 0.5) is 5.69 Å². The van der Waals surface area contributed by atoms with E-state index < -0.39 is 0 Å². The van der Waals surface area contributed by atoms with Gasteiger partial charge in [-0.05, 0) is 24.6 Å². The maximum absolute atomic E-state index is 13.1. The third-order valence-corrected chi connectivity index (χ3v) is 6.90. The second kappa shape index (κ2) is 8.78. The summed E-state index contributed by atoms with van der Waals surface area (Å²) >= 11 is 7.34. The second-order valence-corrected chi connectivity index (χ2v) is 8.90. The molecule has 1 fully saturated rings. The highest BCUT2D eigenvalue weighted by Crippen LogP contribution is 2.28. The summed E-state index contributed by atoms with van der Waals surface area (Å²) in [5.41, 5.74) is 1.12. The van der Waals surface area contributed by atoms with E-state index in [1.54, 1.807) is 37.1 Å². The van der Waals surface area contributed by atoms with Gasteiger partial charge in [0.05, 0.1) is 33.8 Å². The highest BCUT2D eigenvalue weighted by molar-refractivity contribution is 7.20. The third kappa shape index (κ3) is 4.34. The Kier molecular flexibility index (Phi) is 6.08. The van der Waals surface area contributed by atoms with Gasteiger partial charge >= 0.3 is 0 Å². The molecule has 1 aliphatic rings. The molecule has 1 saturated heterocycles. The number of thiophene rings is 1. The van der Waals surface area contributed by atoms with Crippen molar-refractivity contribution in [3.8, 4) is 0 Å². The van der Waals surface area contributed by atoms with Crippen molar-refractivity contribution in [2.24, 2.45) is 7.05 Å². The zero-order valence-corrected chi connectivity index (χ0v) is 18.8. The van der Waals surface area contributed by atoms with Gasteiger partial charge in [-0.3, -0.25) is 19.3 Å².